The summed E-state index contributed by atoms with van der Waals surface area (Å²) in [6, 6.07) is 12.3. The van der Waals surface area contributed by atoms with Gasteiger partial charge in [0, 0.05) is 13.6 Å². The third kappa shape index (κ3) is 7.06. The zero-order chi connectivity index (χ0) is 23.0. The highest BCUT2D eigenvalue weighted by Gasteiger charge is 2.15. The summed E-state index contributed by atoms with van der Waals surface area (Å²) in [6.07, 6.45) is 2.00. The fourth-order valence-electron chi connectivity index (χ4n) is 2.87. The van der Waals surface area contributed by atoms with Crippen LogP contribution in [0.15, 0.2) is 42.5 Å². The van der Waals surface area contributed by atoms with E-state index in [9.17, 15) is 13.2 Å². The van der Waals surface area contributed by atoms with Crippen molar-refractivity contribution in [3.63, 3.8) is 0 Å². The average molecular weight is 451 g/mol. The minimum absolute atomic E-state index is 0.218. The Morgan fingerprint density at radius 1 is 1.06 bits per heavy atom. The minimum Gasteiger partial charge on any atom is -0.493 e. The van der Waals surface area contributed by atoms with Gasteiger partial charge < -0.3 is 19.5 Å². The minimum atomic E-state index is -3.33. The van der Waals surface area contributed by atoms with Gasteiger partial charge in [-0.15, -0.1) is 0 Å². The average Bonchev–Trinajstić information content (AvgIpc) is 2.75. The molecule has 0 saturated carbocycles. The lowest BCUT2D eigenvalue weighted by atomic mass is 10.1. The highest BCUT2D eigenvalue weighted by Crippen LogP contribution is 2.28. The molecule has 0 radical (unpaired) electrons. The van der Waals surface area contributed by atoms with Crippen LogP contribution in [0.4, 0.5) is 5.69 Å². The number of aryl methyl sites for hydroxylation is 1. The van der Waals surface area contributed by atoms with Crippen molar-refractivity contribution in [2.75, 3.05) is 38.4 Å². The van der Waals surface area contributed by atoms with Crippen LogP contribution in [0.3, 0.4) is 0 Å². The fraction of sp³-hybridized carbons (Fsp3) is 0.409. The quantitative estimate of drug-likeness (QED) is 0.529. The molecular weight excluding hydrogens is 420 g/mol. The van der Waals surface area contributed by atoms with Crippen LogP contribution in [-0.4, -0.2) is 54.5 Å². The van der Waals surface area contributed by atoms with E-state index < -0.39 is 16.1 Å². The first kappa shape index (κ1) is 24.3. The van der Waals surface area contributed by atoms with Gasteiger partial charge in [0.2, 0.25) is 10.0 Å². The smallest absolute Gasteiger partial charge is 0.260 e. The van der Waals surface area contributed by atoms with E-state index in [-0.39, 0.29) is 5.91 Å². The SMILES string of the molecule is COc1ccc(CCCNC(=O)[C@H](C)Oc2ccc(N(C)S(C)(=O)=O)cc2)cc1OC. The second kappa shape index (κ2) is 10.9. The van der Waals surface area contributed by atoms with Gasteiger partial charge in [-0.25, -0.2) is 8.42 Å². The Balaban J connectivity index is 1.80. The molecule has 0 unspecified atom stereocenters. The Morgan fingerprint density at radius 3 is 2.29 bits per heavy atom. The van der Waals surface area contributed by atoms with Gasteiger partial charge in [0.1, 0.15) is 5.75 Å². The lowest BCUT2D eigenvalue weighted by Crippen LogP contribution is -2.36. The maximum atomic E-state index is 12.3. The van der Waals surface area contributed by atoms with Crippen LogP contribution in [0.2, 0.25) is 0 Å². The summed E-state index contributed by atoms with van der Waals surface area (Å²) >= 11 is 0. The van der Waals surface area contributed by atoms with E-state index >= 15 is 0 Å². The molecule has 1 N–H and O–H groups in total. The Hall–Kier alpha value is -2.94. The second-order valence-corrected chi connectivity index (χ2v) is 9.08. The maximum Gasteiger partial charge on any atom is 0.260 e. The molecule has 0 bridgehead atoms. The first-order valence-electron chi connectivity index (χ1n) is 9.85. The highest BCUT2D eigenvalue weighted by atomic mass is 32.2. The van der Waals surface area contributed by atoms with E-state index in [1.54, 1.807) is 45.4 Å². The van der Waals surface area contributed by atoms with Crippen molar-refractivity contribution in [2.24, 2.45) is 0 Å². The Labute approximate surface area is 184 Å². The molecule has 2 aromatic carbocycles. The first-order valence-corrected chi connectivity index (χ1v) is 11.7. The second-order valence-electron chi connectivity index (χ2n) is 7.07. The number of methoxy groups -OCH3 is 2. The predicted molar refractivity (Wildman–Crippen MR) is 121 cm³/mol. The van der Waals surface area contributed by atoms with Crippen LogP contribution in [0.25, 0.3) is 0 Å². The molecule has 0 aliphatic carbocycles. The van der Waals surface area contributed by atoms with Crippen molar-refractivity contribution < 1.29 is 27.4 Å². The normalized spacial score (nSPS) is 12.0. The number of rotatable bonds is 11. The number of nitrogens with one attached hydrogen (secondary N) is 1. The van der Waals surface area contributed by atoms with E-state index in [4.69, 9.17) is 14.2 Å². The highest BCUT2D eigenvalue weighted by molar-refractivity contribution is 7.92. The van der Waals surface area contributed by atoms with Crippen LogP contribution in [0, 0.1) is 0 Å². The molecule has 0 fully saturated rings. The molecule has 0 aliphatic heterocycles. The number of anilines is 1. The Kier molecular flexibility index (Phi) is 8.56. The zero-order valence-corrected chi connectivity index (χ0v) is 19.4. The van der Waals surface area contributed by atoms with Crippen LogP contribution in [-0.2, 0) is 21.2 Å². The summed E-state index contributed by atoms with van der Waals surface area (Å²) in [6.45, 7) is 2.18. The van der Waals surface area contributed by atoms with Gasteiger partial charge in [-0.05, 0) is 61.7 Å². The molecule has 9 heteroatoms. The van der Waals surface area contributed by atoms with Crippen LogP contribution in [0.5, 0.6) is 17.2 Å². The molecule has 170 valence electrons. The number of hydrogen-bond acceptors (Lipinski definition) is 6. The zero-order valence-electron chi connectivity index (χ0n) is 18.5. The van der Waals surface area contributed by atoms with Gasteiger partial charge in [0.05, 0.1) is 26.2 Å². The van der Waals surface area contributed by atoms with Crippen LogP contribution in [0.1, 0.15) is 18.9 Å². The molecule has 0 heterocycles. The van der Waals surface area contributed by atoms with Gasteiger partial charge >= 0.3 is 0 Å². The summed E-state index contributed by atoms with van der Waals surface area (Å²) in [7, 11) is 1.34. The number of sulfonamides is 1. The van der Waals surface area contributed by atoms with Gasteiger partial charge in [-0.2, -0.15) is 0 Å². The number of nitrogens with zero attached hydrogens (tertiary/aromatic N) is 1. The lowest BCUT2D eigenvalue weighted by Gasteiger charge is -2.18. The standard InChI is InChI=1S/C22H30N2O6S/c1-16(30-19-11-9-18(10-12-19)24(2)31(5,26)27)22(25)23-14-6-7-17-8-13-20(28-3)21(15-17)29-4/h8-13,15-16H,6-7,14H2,1-5H3,(H,23,25)/t16-/m0/s1. The van der Waals surface area contributed by atoms with Crippen molar-refractivity contribution in [3.05, 3.63) is 48.0 Å². The number of hydrogen-bond donors (Lipinski definition) is 1. The molecule has 31 heavy (non-hydrogen) atoms. The maximum absolute atomic E-state index is 12.3. The van der Waals surface area contributed by atoms with Crippen molar-refractivity contribution in [2.45, 2.75) is 25.9 Å². The van der Waals surface area contributed by atoms with Crippen LogP contribution < -0.4 is 23.8 Å². The number of amides is 1. The molecule has 1 amide bonds. The molecule has 0 aromatic heterocycles. The summed E-state index contributed by atoms with van der Waals surface area (Å²) in [5.74, 6) is 1.63. The summed E-state index contributed by atoms with van der Waals surface area (Å²) in [5, 5.41) is 2.87. The molecule has 2 rings (SSSR count). The van der Waals surface area contributed by atoms with Crippen molar-refractivity contribution in [1.82, 2.24) is 5.32 Å². The summed E-state index contributed by atoms with van der Waals surface area (Å²) in [4.78, 5) is 12.3. The van der Waals surface area contributed by atoms with E-state index in [0.29, 0.717) is 29.5 Å². The molecule has 0 aliphatic rings. The third-order valence-corrected chi connectivity index (χ3v) is 5.98. The van der Waals surface area contributed by atoms with Gasteiger partial charge in [0.15, 0.2) is 17.6 Å². The number of benzene rings is 2. The first-order chi connectivity index (χ1) is 14.7. The molecule has 0 saturated heterocycles. The molecule has 0 spiro atoms. The third-order valence-electron chi connectivity index (χ3n) is 4.77. The Bertz CT molecular complexity index is 976. The summed E-state index contributed by atoms with van der Waals surface area (Å²) < 4.78 is 40.5. The number of carbonyl (C=O) groups excluding carboxylic acids is 1. The number of ether oxygens (including phenoxy) is 3. The molecule has 1 atom stereocenters. The van der Waals surface area contributed by atoms with Gasteiger partial charge in [0.25, 0.3) is 5.91 Å². The Morgan fingerprint density at radius 2 is 1.71 bits per heavy atom. The molecule has 8 nitrogen and oxygen atoms in total. The van der Waals surface area contributed by atoms with E-state index in [1.807, 2.05) is 18.2 Å². The largest absolute Gasteiger partial charge is 0.493 e. The number of carbonyl (C=O) groups is 1. The fourth-order valence-corrected chi connectivity index (χ4v) is 3.37. The molecular formula is C22H30N2O6S. The molecule has 2 aromatic rings. The van der Waals surface area contributed by atoms with Crippen molar-refractivity contribution in [1.29, 1.82) is 0 Å². The van der Waals surface area contributed by atoms with Crippen LogP contribution >= 0.6 is 0 Å². The van der Waals surface area contributed by atoms with Gasteiger partial charge in [-0.3, -0.25) is 9.10 Å². The monoisotopic (exact) mass is 450 g/mol. The van der Waals surface area contributed by atoms with E-state index in [2.05, 4.69) is 5.32 Å². The van der Waals surface area contributed by atoms with Crippen molar-refractivity contribution in [3.8, 4) is 17.2 Å². The van der Waals surface area contributed by atoms with Crippen molar-refractivity contribution >= 4 is 21.6 Å². The summed E-state index contributed by atoms with van der Waals surface area (Å²) in [5.41, 5.74) is 1.61. The lowest BCUT2D eigenvalue weighted by molar-refractivity contribution is -0.127. The van der Waals surface area contributed by atoms with Gasteiger partial charge in [-0.1, -0.05) is 6.07 Å². The van der Waals surface area contributed by atoms with E-state index in [0.717, 1.165) is 24.7 Å². The van der Waals surface area contributed by atoms with E-state index in [1.165, 1.54) is 11.4 Å². The topological polar surface area (TPSA) is 94.2 Å². The predicted octanol–water partition coefficient (Wildman–Crippen LogP) is 2.62.